The number of anilines is 3. The van der Waals surface area contributed by atoms with E-state index in [0.717, 1.165) is 65.8 Å². The molecule has 1 aromatic carbocycles. The first-order chi connectivity index (χ1) is 19.6. The maximum atomic E-state index is 5.21. The lowest BCUT2D eigenvalue weighted by Gasteiger charge is -2.42. The van der Waals surface area contributed by atoms with Gasteiger partial charge in [-0.15, -0.1) is 0 Å². The molecule has 2 fully saturated rings. The molecule has 1 spiro atoms. The largest absolute Gasteiger partial charge is 0.481 e. The van der Waals surface area contributed by atoms with Crippen LogP contribution in [0.5, 0.6) is 5.88 Å². The van der Waals surface area contributed by atoms with Crippen molar-refractivity contribution in [3.05, 3.63) is 78.2 Å². The van der Waals surface area contributed by atoms with Crippen LogP contribution in [0.1, 0.15) is 24.1 Å². The summed E-state index contributed by atoms with van der Waals surface area (Å²) in [6.07, 6.45) is 6.23. The Balaban J connectivity index is 1.09. The van der Waals surface area contributed by atoms with Crippen LogP contribution in [0, 0.1) is 6.92 Å². The smallest absolute Gasteiger partial charge is 0.212 e. The van der Waals surface area contributed by atoms with E-state index in [9.17, 15) is 0 Å². The average molecular weight is 534 g/mol. The molecule has 2 aliphatic rings. The molecule has 1 saturated carbocycles. The predicted octanol–water partition coefficient (Wildman–Crippen LogP) is 4.73. The number of nitrogens with one attached hydrogen (secondary N) is 2. The SMILES string of the molecule is COc1ccc(CN2CCN(c3ccc(-c4nc(Nc5cc(C)[nH]n5)c5ccccc5n4)cn3)CC23CC3)cn1. The number of aryl methyl sites for hydroxylation is 1. The third-order valence-electron chi connectivity index (χ3n) is 7.89. The second-order valence-corrected chi connectivity index (χ2v) is 10.7. The summed E-state index contributed by atoms with van der Waals surface area (Å²) in [5.74, 6) is 3.71. The summed E-state index contributed by atoms with van der Waals surface area (Å²) in [6, 6.07) is 18.2. The van der Waals surface area contributed by atoms with E-state index in [1.165, 1.54) is 18.4 Å². The van der Waals surface area contributed by atoms with E-state index in [2.05, 4.69) is 48.5 Å². The van der Waals surface area contributed by atoms with Crippen LogP contribution >= 0.6 is 0 Å². The second-order valence-electron chi connectivity index (χ2n) is 10.7. The van der Waals surface area contributed by atoms with E-state index in [4.69, 9.17) is 19.7 Å². The van der Waals surface area contributed by atoms with Gasteiger partial charge in [0.1, 0.15) is 11.6 Å². The zero-order valence-electron chi connectivity index (χ0n) is 22.6. The molecule has 4 aromatic heterocycles. The fourth-order valence-corrected chi connectivity index (χ4v) is 5.53. The molecule has 5 heterocycles. The zero-order valence-corrected chi connectivity index (χ0v) is 22.6. The topological polar surface area (TPSA) is 108 Å². The maximum absolute atomic E-state index is 5.21. The number of rotatable bonds is 7. The summed E-state index contributed by atoms with van der Waals surface area (Å²) in [6.45, 7) is 5.78. The second kappa shape index (κ2) is 9.87. The molecule has 5 aromatic rings. The van der Waals surface area contributed by atoms with Crippen LogP contribution in [0.25, 0.3) is 22.3 Å². The van der Waals surface area contributed by atoms with Gasteiger partial charge in [-0.05, 0) is 49.6 Å². The van der Waals surface area contributed by atoms with Gasteiger partial charge in [0.2, 0.25) is 5.88 Å². The number of hydrogen-bond donors (Lipinski definition) is 2. The minimum atomic E-state index is 0.213. The zero-order chi connectivity index (χ0) is 27.1. The van der Waals surface area contributed by atoms with Crippen LogP contribution < -0.4 is 15.0 Å². The Bertz CT molecular complexity index is 1640. The number of aromatic amines is 1. The van der Waals surface area contributed by atoms with Crippen LogP contribution in [0.4, 0.5) is 17.5 Å². The molecular formula is C30H31N9O. The molecule has 0 atom stereocenters. The summed E-state index contributed by atoms with van der Waals surface area (Å²) in [5.41, 5.74) is 4.15. The monoisotopic (exact) mass is 533 g/mol. The van der Waals surface area contributed by atoms with Crippen molar-refractivity contribution in [1.82, 2.24) is 35.0 Å². The minimum absolute atomic E-state index is 0.213. The first-order valence-electron chi connectivity index (χ1n) is 13.6. The lowest BCUT2D eigenvalue weighted by atomic mass is 10.1. The van der Waals surface area contributed by atoms with Crippen molar-refractivity contribution in [3.63, 3.8) is 0 Å². The number of methoxy groups -OCH3 is 1. The molecular weight excluding hydrogens is 502 g/mol. The molecule has 40 heavy (non-hydrogen) atoms. The highest BCUT2D eigenvalue weighted by molar-refractivity contribution is 5.92. The van der Waals surface area contributed by atoms with Gasteiger partial charge in [-0.25, -0.2) is 19.9 Å². The number of pyridine rings is 2. The first kappa shape index (κ1) is 24.5. The van der Waals surface area contributed by atoms with Crippen LogP contribution in [0.15, 0.2) is 67.0 Å². The number of para-hydroxylation sites is 1. The Morgan fingerprint density at radius 1 is 1.00 bits per heavy atom. The van der Waals surface area contributed by atoms with Gasteiger partial charge in [0.25, 0.3) is 0 Å². The van der Waals surface area contributed by atoms with Crippen molar-refractivity contribution in [2.24, 2.45) is 0 Å². The lowest BCUT2D eigenvalue weighted by molar-refractivity contribution is 0.148. The lowest BCUT2D eigenvalue weighted by Crippen LogP contribution is -2.54. The Kier molecular flexibility index (Phi) is 6.04. The Hall–Kier alpha value is -4.57. The van der Waals surface area contributed by atoms with Crippen LogP contribution in [0.3, 0.4) is 0 Å². The normalized spacial score (nSPS) is 16.4. The highest BCUT2D eigenvalue weighted by Gasteiger charge is 2.51. The molecule has 0 amide bonds. The third kappa shape index (κ3) is 4.71. The Morgan fingerprint density at radius 2 is 1.90 bits per heavy atom. The van der Waals surface area contributed by atoms with Gasteiger partial charge in [0, 0.05) is 72.9 Å². The number of ether oxygens (including phenoxy) is 1. The van der Waals surface area contributed by atoms with Gasteiger partial charge in [0.15, 0.2) is 11.6 Å². The molecule has 10 heteroatoms. The van der Waals surface area contributed by atoms with Crippen molar-refractivity contribution >= 4 is 28.4 Å². The average Bonchev–Trinajstić information content (AvgIpc) is 3.64. The van der Waals surface area contributed by atoms with Crippen molar-refractivity contribution in [2.75, 3.05) is 37.0 Å². The van der Waals surface area contributed by atoms with Crippen molar-refractivity contribution in [2.45, 2.75) is 31.8 Å². The molecule has 2 N–H and O–H groups in total. The highest BCUT2D eigenvalue weighted by Crippen LogP contribution is 2.45. The fraction of sp³-hybridized carbons (Fsp3) is 0.300. The van der Waals surface area contributed by atoms with E-state index in [1.807, 2.05) is 55.7 Å². The number of piperazine rings is 1. The minimum Gasteiger partial charge on any atom is -0.481 e. The number of benzene rings is 1. The maximum Gasteiger partial charge on any atom is 0.212 e. The summed E-state index contributed by atoms with van der Waals surface area (Å²) < 4.78 is 5.21. The van der Waals surface area contributed by atoms with Crippen LogP contribution in [-0.2, 0) is 6.54 Å². The number of nitrogens with zero attached hydrogens (tertiary/aromatic N) is 7. The van der Waals surface area contributed by atoms with E-state index < -0.39 is 0 Å². The highest BCUT2D eigenvalue weighted by atomic mass is 16.5. The standard InChI is InChI=1S/C30H31N9O/c1-20-15-25(37-36-20)34-29-23-5-3-4-6-24(23)33-28(35-29)22-8-9-26(31-17-22)38-13-14-39(30(19-38)11-12-30)18-21-7-10-27(40-2)32-16-21/h3-10,15-17H,11-14,18-19H2,1-2H3,(H2,33,34,35,36,37). The molecule has 202 valence electrons. The molecule has 0 bridgehead atoms. The molecule has 1 aliphatic carbocycles. The number of fused-ring (bicyclic) bond motifs is 1. The fourth-order valence-electron chi connectivity index (χ4n) is 5.53. The number of hydrogen-bond acceptors (Lipinski definition) is 9. The van der Waals surface area contributed by atoms with E-state index in [1.54, 1.807) is 7.11 Å². The summed E-state index contributed by atoms with van der Waals surface area (Å²) in [4.78, 5) is 24.0. The molecule has 10 nitrogen and oxygen atoms in total. The van der Waals surface area contributed by atoms with E-state index >= 15 is 0 Å². The van der Waals surface area contributed by atoms with Crippen LogP contribution in [-0.4, -0.2) is 67.3 Å². The van der Waals surface area contributed by atoms with E-state index in [-0.39, 0.29) is 5.54 Å². The molecule has 1 aliphatic heterocycles. The summed E-state index contributed by atoms with van der Waals surface area (Å²) in [5, 5.41) is 11.6. The molecule has 7 rings (SSSR count). The van der Waals surface area contributed by atoms with Crippen molar-refractivity contribution in [1.29, 1.82) is 0 Å². The molecule has 0 unspecified atom stereocenters. The Labute approximate surface area is 232 Å². The van der Waals surface area contributed by atoms with Gasteiger partial charge < -0.3 is 15.0 Å². The van der Waals surface area contributed by atoms with Gasteiger partial charge in [0.05, 0.1) is 12.6 Å². The van der Waals surface area contributed by atoms with Crippen molar-refractivity contribution < 1.29 is 4.74 Å². The van der Waals surface area contributed by atoms with Crippen molar-refractivity contribution in [3.8, 4) is 17.3 Å². The quantitative estimate of drug-likeness (QED) is 0.307. The number of H-pyrrole nitrogens is 1. The van der Waals surface area contributed by atoms with Crippen LogP contribution in [0.2, 0.25) is 0 Å². The Morgan fingerprint density at radius 3 is 2.62 bits per heavy atom. The first-order valence-corrected chi connectivity index (χ1v) is 13.6. The van der Waals surface area contributed by atoms with Gasteiger partial charge in [-0.2, -0.15) is 5.10 Å². The van der Waals surface area contributed by atoms with E-state index in [0.29, 0.717) is 11.7 Å². The number of aromatic nitrogens is 6. The molecule has 0 radical (unpaired) electrons. The molecule has 1 saturated heterocycles. The predicted molar refractivity (Wildman–Crippen MR) is 155 cm³/mol. The third-order valence-corrected chi connectivity index (χ3v) is 7.89. The van der Waals surface area contributed by atoms with Gasteiger partial charge in [-0.3, -0.25) is 10.00 Å². The van der Waals surface area contributed by atoms with Gasteiger partial charge >= 0.3 is 0 Å². The summed E-state index contributed by atoms with van der Waals surface area (Å²) in [7, 11) is 1.65. The van der Waals surface area contributed by atoms with Gasteiger partial charge in [-0.1, -0.05) is 18.2 Å². The summed E-state index contributed by atoms with van der Waals surface area (Å²) >= 11 is 0.